The van der Waals surface area contributed by atoms with E-state index in [0.717, 1.165) is 45.6 Å². The number of piperazine rings is 1. The third-order valence-corrected chi connectivity index (χ3v) is 7.34. The Bertz CT molecular complexity index is 796. The second-order valence-corrected chi connectivity index (χ2v) is 9.06. The maximum atomic E-state index is 13.4. The first-order valence-electron chi connectivity index (χ1n) is 11.2. The molecule has 8 nitrogen and oxygen atoms in total. The number of methoxy groups -OCH3 is 3. The van der Waals surface area contributed by atoms with Crippen LogP contribution in [0.25, 0.3) is 0 Å². The number of benzene rings is 1. The number of ether oxygens (including phenoxy) is 3. The van der Waals surface area contributed by atoms with Gasteiger partial charge >= 0.3 is 0 Å². The summed E-state index contributed by atoms with van der Waals surface area (Å²) in [5.41, 5.74) is 0.481. The van der Waals surface area contributed by atoms with Crippen molar-refractivity contribution in [2.75, 3.05) is 67.6 Å². The molecule has 0 bridgehead atoms. The molecule has 0 radical (unpaired) electrons. The van der Waals surface area contributed by atoms with E-state index in [2.05, 4.69) is 16.8 Å². The first kappa shape index (κ1) is 22.2. The molecule has 31 heavy (non-hydrogen) atoms. The summed E-state index contributed by atoms with van der Waals surface area (Å²) in [6, 6.07) is 3.68. The van der Waals surface area contributed by atoms with Crippen LogP contribution in [0.4, 0.5) is 0 Å². The smallest absolute Gasteiger partial charge is 0.257 e. The number of aliphatic hydroxyl groups excluding tert-OH is 1. The summed E-state index contributed by atoms with van der Waals surface area (Å²) >= 11 is 0. The van der Waals surface area contributed by atoms with Crippen LogP contribution in [-0.4, -0.2) is 106 Å². The van der Waals surface area contributed by atoms with Crippen LogP contribution in [0.1, 0.15) is 23.2 Å². The van der Waals surface area contributed by atoms with Crippen molar-refractivity contribution >= 4 is 5.91 Å². The van der Waals surface area contributed by atoms with Gasteiger partial charge in [-0.15, -0.1) is 0 Å². The standard InChI is InChI=1S/C23H35N3O5/c1-24-7-9-25(10-8-24)18-11-15-13-26(14-16(15)12-19(18)27)23(28)17-5-6-20(29-2)22(31-4)21(17)30-3/h5-6,15-16,18-19,27H,7-14H2,1-4H3/t15-,16+,18-,19-/m1/s1. The quantitative estimate of drug-likeness (QED) is 0.747. The number of likely N-dealkylation sites (N-methyl/N-ethyl adjacent to an activating group) is 1. The van der Waals surface area contributed by atoms with Gasteiger partial charge in [0.25, 0.3) is 5.91 Å². The van der Waals surface area contributed by atoms with Gasteiger partial charge in [0, 0.05) is 45.3 Å². The molecule has 4 atom stereocenters. The number of aliphatic hydroxyl groups is 1. The van der Waals surface area contributed by atoms with E-state index in [4.69, 9.17) is 14.2 Å². The number of likely N-dealkylation sites (tertiary alicyclic amines) is 1. The molecular weight excluding hydrogens is 398 g/mol. The Morgan fingerprint density at radius 1 is 0.935 bits per heavy atom. The first-order valence-corrected chi connectivity index (χ1v) is 11.2. The van der Waals surface area contributed by atoms with Gasteiger partial charge in [0.05, 0.1) is 33.0 Å². The average Bonchev–Trinajstić information content (AvgIpc) is 3.20. The van der Waals surface area contributed by atoms with Crippen molar-refractivity contribution in [1.29, 1.82) is 0 Å². The highest BCUT2D eigenvalue weighted by Gasteiger charge is 2.45. The molecule has 2 heterocycles. The minimum absolute atomic E-state index is 0.0576. The highest BCUT2D eigenvalue weighted by atomic mass is 16.5. The molecule has 172 valence electrons. The SMILES string of the molecule is COc1ccc(C(=O)N2C[C@H]3C[C@@H](N4CCN(C)CC4)[C@H](O)C[C@H]3C2)c(OC)c1OC. The van der Waals surface area contributed by atoms with Gasteiger partial charge in [-0.2, -0.15) is 0 Å². The van der Waals surface area contributed by atoms with Crippen LogP contribution in [-0.2, 0) is 0 Å². The van der Waals surface area contributed by atoms with Crippen molar-refractivity contribution in [3.8, 4) is 17.2 Å². The number of fused-ring (bicyclic) bond motifs is 1. The number of amides is 1. The fourth-order valence-electron chi connectivity index (χ4n) is 5.56. The normalized spacial score (nSPS) is 29.5. The summed E-state index contributed by atoms with van der Waals surface area (Å²) < 4.78 is 16.3. The Morgan fingerprint density at radius 3 is 2.19 bits per heavy atom. The Kier molecular flexibility index (Phi) is 6.60. The van der Waals surface area contributed by atoms with E-state index >= 15 is 0 Å². The molecule has 1 N–H and O–H groups in total. The maximum absolute atomic E-state index is 13.4. The molecule has 0 unspecified atom stereocenters. The summed E-state index contributed by atoms with van der Waals surface area (Å²) in [6.07, 6.45) is 1.38. The van der Waals surface area contributed by atoms with Crippen LogP contribution in [0.2, 0.25) is 0 Å². The van der Waals surface area contributed by atoms with E-state index in [1.165, 1.54) is 7.11 Å². The number of hydrogen-bond acceptors (Lipinski definition) is 7. The Hall–Kier alpha value is -2.03. The maximum Gasteiger partial charge on any atom is 0.257 e. The van der Waals surface area contributed by atoms with Crippen LogP contribution in [0.3, 0.4) is 0 Å². The number of rotatable bonds is 5. The second-order valence-electron chi connectivity index (χ2n) is 9.06. The van der Waals surface area contributed by atoms with E-state index in [9.17, 15) is 9.90 Å². The molecule has 2 saturated heterocycles. The lowest BCUT2D eigenvalue weighted by Crippen LogP contribution is -2.55. The topological polar surface area (TPSA) is 74.7 Å². The van der Waals surface area contributed by atoms with Gasteiger partial charge in [-0.05, 0) is 43.9 Å². The monoisotopic (exact) mass is 433 g/mol. The first-order chi connectivity index (χ1) is 15.0. The molecular formula is C23H35N3O5. The minimum Gasteiger partial charge on any atom is -0.493 e. The lowest BCUT2D eigenvalue weighted by molar-refractivity contribution is -0.0249. The largest absolute Gasteiger partial charge is 0.493 e. The molecule has 0 aromatic heterocycles. The third-order valence-electron chi connectivity index (χ3n) is 7.34. The Balaban J connectivity index is 1.48. The van der Waals surface area contributed by atoms with Crippen LogP contribution in [0.5, 0.6) is 17.2 Å². The number of carbonyl (C=O) groups is 1. The molecule has 1 saturated carbocycles. The van der Waals surface area contributed by atoms with Crippen LogP contribution in [0, 0.1) is 11.8 Å². The van der Waals surface area contributed by atoms with Crippen molar-refractivity contribution in [3.63, 3.8) is 0 Å². The molecule has 0 spiro atoms. The summed E-state index contributed by atoms with van der Waals surface area (Å²) in [7, 11) is 6.79. The van der Waals surface area contributed by atoms with Crippen molar-refractivity contribution < 1.29 is 24.1 Å². The van der Waals surface area contributed by atoms with Gasteiger partial charge in [0.2, 0.25) is 5.75 Å². The van der Waals surface area contributed by atoms with E-state index in [-0.39, 0.29) is 18.1 Å². The van der Waals surface area contributed by atoms with Gasteiger partial charge in [0.15, 0.2) is 11.5 Å². The van der Waals surface area contributed by atoms with Crippen molar-refractivity contribution in [1.82, 2.24) is 14.7 Å². The molecule has 1 aliphatic carbocycles. The van der Waals surface area contributed by atoms with Crippen molar-refractivity contribution in [2.45, 2.75) is 25.0 Å². The van der Waals surface area contributed by atoms with Crippen LogP contribution < -0.4 is 14.2 Å². The van der Waals surface area contributed by atoms with E-state index < -0.39 is 0 Å². The molecule has 3 aliphatic rings. The number of nitrogens with zero attached hydrogens (tertiary/aromatic N) is 3. The molecule has 1 aromatic carbocycles. The van der Waals surface area contributed by atoms with E-state index in [1.807, 2.05) is 4.90 Å². The highest BCUT2D eigenvalue weighted by molar-refractivity contribution is 5.98. The lowest BCUT2D eigenvalue weighted by Gasteiger charge is -2.44. The summed E-state index contributed by atoms with van der Waals surface area (Å²) in [6.45, 7) is 5.48. The number of carbonyl (C=O) groups excluding carboxylic acids is 1. The van der Waals surface area contributed by atoms with E-state index in [0.29, 0.717) is 41.2 Å². The second kappa shape index (κ2) is 9.22. The molecule has 1 amide bonds. The van der Waals surface area contributed by atoms with Gasteiger partial charge in [0.1, 0.15) is 0 Å². The van der Waals surface area contributed by atoms with Gasteiger partial charge in [-0.3, -0.25) is 9.69 Å². The van der Waals surface area contributed by atoms with Crippen LogP contribution >= 0.6 is 0 Å². The van der Waals surface area contributed by atoms with Gasteiger partial charge in [-0.25, -0.2) is 0 Å². The van der Waals surface area contributed by atoms with Gasteiger partial charge in [-0.1, -0.05) is 0 Å². The zero-order valence-electron chi connectivity index (χ0n) is 19.0. The molecule has 2 aliphatic heterocycles. The molecule has 4 rings (SSSR count). The Labute approximate surface area is 184 Å². The predicted octanol–water partition coefficient (Wildman–Crippen LogP) is 1.17. The van der Waals surface area contributed by atoms with Crippen LogP contribution in [0.15, 0.2) is 12.1 Å². The molecule has 8 heteroatoms. The average molecular weight is 434 g/mol. The molecule has 3 fully saturated rings. The predicted molar refractivity (Wildman–Crippen MR) is 117 cm³/mol. The van der Waals surface area contributed by atoms with Crippen molar-refractivity contribution in [2.24, 2.45) is 11.8 Å². The zero-order chi connectivity index (χ0) is 22.1. The third kappa shape index (κ3) is 4.21. The van der Waals surface area contributed by atoms with Crippen molar-refractivity contribution in [3.05, 3.63) is 17.7 Å². The lowest BCUT2D eigenvalue weighted by atomic mass is 9.77. The fourth-order valence-corrected chi connectivity index (χ4v) is 5.56. The molecule has 1 aromatic rings. The fraction of sp³-hybridized carbons (Fsp3) is 0.696. The summed E-state index contributed by atoms with van der Waals surface area (Å²) in [4.78, 5) is 20.1. The Morgan fingerprint density at radius 2 is 1.58 bits per heavy atom. The summed E-state index contributed by atoms with van der Waals surface area (Å²) in [5.74, 6) is 2.06. The van der Waals surface area contributed by atoms with E-state index in [1.54, 1.807) is 26.4 Å². The number of hydrogen-bond donors (Lipinski definition) is 1. The zero-order valence-corrected chi connectivity index (χ0v) is 19.0. The minimum atomic E-state index is -0.324. The highest BCUT2D eigenvalue weighted by Crippen LogP contribution is 2.42. The van der Waals surface area contributed by atoms with Gasteiger partial charge < -0.3 is 29.1 Å². The summed E-state index contributed by atoms with van der Waals surface area (Å²) in [5, 5.41) is 10.9.